The number of aromatic nitrogens is 2. The molecule has 2 aromatic rings. The lowest BCUT2D eigenvalue weighted by atomic mass is 10.2. The molecule has 1 atom stereocenters. The number of hydrogen-bond acceptors (Lipinski definition) is 8. The molecular formula is C17H22N6O2S. The van der Waals surface area contributed by atoms with Gasteiger partial charge in [-0.25, -0.2) is 0 Å². The van der Waals surface area contributed by atoms with Crippen molar-refractivity contribution in [2.24, 2.45) is 15.9 Å². The molecule has 0 bridgehead atoms. The van der Waals surface area contributed by atoms with E-state index in [2.05, 4.69) is 25.6 Å². The quantitative estimate of drug-likeness (QED) is 0.393. The van der Waals surface area contributed by atoms with Crippen molar-refractivity contribution in [2.75, 3.05) is 13.7 Å². The smallest absolute Gasteiger partial charge is 0.273 e. The molecule has 1 amide bonds. The number of nitrogens with two attached hydrogens (primary N) is 1. The Balaban J connectivity index is 1.89. The molecule has 0 spiro atoms. The van der Waals surface area contributed by atoms with Crippen molar-refractivity contribution in [3.8, 4) is 10.6 Å². The van der Waals surface area contributed by atoms with Gasteiger partial charge in [0.25, 0.3) is 5.91 Å². The second kappa shape index (κ2) is 10.4. The lowest BCUT2D eigenvalue weighted by molar-refractivity contribution is -0.114. The van der Waals surface area contributed by atoms with Gasteiger partial charge in [0.2, 0.25) is 0 Å². The number of nitrogens with zero attached hydrogens (tertiary/aromatic N) is 4. The zero-order valence-electron chi connectivity index (χ0n) is 14.8. The predicted molar refractivity (Wildman–Crippen MR) is 103 cm³/mol. The summed E-state index contributed by atoms with van der Waals surface area (Å²) in [5.74, 6) is 4.88. The molecule has 0 saturated carbocycles. The Morgan fingerprint density at radius 2 is 2.15 bits per heavy atom. The van der Waals surface area contributed by atoms with E-state index in [1.54, 1.807) is 7.11 Å². The highest BCUT2D eigenvalue weighted by molar-refractivity contribution is 7.14. The van der Waals surface area contributed by atoms with Crippen LogP contribution in [-0.2, 0) is 16.1 Å². The van der Waals surface area contributed by atoms with Gasteiger partial charge in [0.05, 0.1) is 12.8 Å². The number of methoxy groups -OCH3 is 1. The summed E-state index contributed by atoms with van der Waals surface area (Å²) in [5, 5.41) is 16.0. The zero-order chi connectivity index (χ0) is 18.8. The predicted octanol–water partition coefficient (Wildman–Crippen LogP) is 1.63. The minimum Gasteiger partial charge on any atom is -0.385 e. The van der Waals surface area contributed by atoms with Crippen LogP contribution < -0.4 is 11.2 Å². The molecule has 0 radical (unpaired) electrons. The van der Waals surface area contributed by atoms with Crippen LogP contribution in [0.4, 0.5) is 0 Å². The van der Waals surface area contributed by atoms with Crippen LogP contribution in [0.1, 0.15) is 18.4 Å². The van der Waals surface area contributed by atoms with Gasteiger partial charge in [-0.2, -0.15) is 5.10 Å². The maximum atomic E-state index is 12.2. The molecule has 2 rings (SSSR count). The summed E-state index contributed by atoms with van der Waals surface area (Å²) in [6, 6.07) is 9.75. The first-order chi connectivity index (χ1) is 12.6. The minimum atomic E-state index is -0.411. The standard InChI is InChI=1S/C17H22N6O2S/c1-12(8-9-25-2)19-10-14(21-18)16(24)20-11-15-22-23-17(26-15)13-6-4-3-5-7-13/h3-7,10,12H,8-9,11,18H2,1-2H3,(H,20,24)/b19-10?,21-14+/t12-/m1/s1. The number of hydrazone groups is 1. The molecule has 1 heterocycles. The van der Waals surface area contributed by atoms with Gasteiger partial charge in [-0.1, -0.05) is 41.7 Å². The number of carbonyl (C=O) groups is 1. The van der Waals surface area contributed by atoms with Gasteiger partial charge in [0.15, 0.2) is 5.71 Å². The number of aliphatic imine (C=N–C) groups is 1. The average molecular weight is 374 g/mol. The summed E-state index contributed by atoms with van der Waals surface area (Å²) in [5.41, 5.74) is 1.05. The number of amides is 1. The largest absolute Gasteiger partial charge is 0.385 e. The average Bonchev–Trinajstić information content (AvgIpc) is 3.15. The van der Waals surface area contributed by atoms with Crippen molar-refractivity contribution in [2.45, 2.75) is 25.9 Å². The van der Waals surface area contributed by atoms with Crippen LogP contribution >= 0.6 is 11.3 Å². The summed E-state index contributed by atoms with van der Waals surface area (Å²) in [7, 11) is 1.63. The van der Waals surface area contributed by atoms with E-state index < -0.39 is 5.91 Å². The summed E-state index contributed by atoms with van der Waals surface area (Å²) >= 11 is 1.42. The first-order valence-electron chi connectivity index (χ1n) is 8.10. The van der Waals surface area contributed by atoms with Gasteiger partial charge in [-0.05, 0) is 13.3 Å². The third kappa shape index (κ3) is 6.01. The van der Waals surface area contributed by atoms with E-state index in [-0.39, 0.29) is 18.3 Å². The van der Waals surface area contributed by atoms with Crippen LogP contribution in [-0.4, -0.2) is 47.8 Å². The second-order valence-corrected chi connectivity index (χ2v) is 6.53. The Kier molecular flexibility index (Phi) is 7.84. The molecule has 0 fully saturated rings. The molecule has 0 unspecified atom stereocenters. The molecule has 0 saturated heterocycles. The Bertz CT molecular complexity index is 760. The van der Waals surface area contributed by atoms with Crippen LogP contribution in [0.5, 0.6) is 0 Å². The Morgan fingerprint density at radius 1 is 1.38 bits per heavy atom. The maximum Gasteiger partial charge on any atom is 0.273 e. The molecule has 1 aromatic carbocycles. The van der Waals surface area contributed by atoms with Gasteiger partial charge in [0.1, 0.15) is 10.0 Å². The summed E-state index contributed by atoms with van der Waals surface area (Å²) in [6.45, 7) is 2.77. The molecule has 0 aliphatic rings. The molecule has 1 aromatic heterocycles. The van der Waals surface area contributed by atoms with E-state index in [1.807, 2.05) is 37.3 Å². The summed E-state index contributed by atoms with van der Waals surface area (Å²) in [4.78, 5) is 16.4. The molecule has 0 aliphatic heterocycles. The number of ether oxygens (including phenoxy) is 1. The number of rotatable bonds is 9. The molecular weight excluding hydrogens is 352 g/mol. The lowest BCUT2D eigenvalue weighted by Crippen LogP contribution is -2.32. The number of hydrogen-bond donors (Lipinski definition) is 2. The first-order valence-corrected chi connectivity index (χ1v) is 8.91. The van der Waals surface area contributed by atoms with Crippen molar-refractivity contribution < 1.29 is 9.53 Å². The fraction of sp³-hybridized carbons (Fsp3) is 0.353. The van der Waals surface area contributed by atoms with Crippen LogP contribution in [0, 0.1) is 0 Å². The SMILES string of the molecule is COCC[C@@H](C)N=C/C(=N\N)C(=O)NCc1nnc(-c2ccccc2)s1. The monoisotopic (exact) mass is 374 g/mol. The molecule has 3 N–H and O–H groups in total. The topological polar surface area (TPSA) is 115 Å². The molecule has 26 heavy (non-hydrogen) atoms. The third-order valence-electron chi connectivity index (χ3n) is 3.45. The first kappa shape index (κ1) is 19.7. The van der Waals surface area contributed by atoms with Crippen molar-refractivity contribution in [1.29, 1.82) is 0 Å². The van der Waals surface area contributed by atoms with E-state index in [9.17, 15) is 4.79 Å². The molecule has 8 nitrogen and oxygen atoms in total. The normalized spacial score (nSPS) is 13.1. The van der Waals surface area contributed by atoms with Gasteiger partial charge in [-0.3, -0.25) is 9.79 Å². The van der Waals surface area contributed by atoms with Crippen LogP contribution in [0.3, 0.4) is 0 Å². The van der Waals surface area contributed by atoms with Crippen LogP contribution in [0.25, 0.3) is 10.6 Å². The Labute approximate surface area is 156 Å². The van der Waals surface area contributed by atoms with Crippen molar-refractivity contribution in [3.05, 3.63) is 35.3 Å². The number of benzene rings is 1. The zero-order valence-corrected chi connectivity index (χ0v) is 15.6. The Morgan fingerprint density at radius 3 is 2.85 bits per heavy atom. The molecule has 0 aliphatic carbocycles. The van der Waals surface area contributed by atoms with Crippen molar-refractivity contribution in [3.63, 3.8) is 0 Å². The summed E-state index contributed by atoms with van der Waals surface area (Å²) in [6.07, 6.45) is 2.13. The molecule has 138 valence electrons. The van der Waals surface area contributed by atoms with Gasteiger partial charge < -0.3 is 15.9 Å². The van der Waals surface area contributed by atoms with Gasteiger partial charge in [0, 0.05) is 25.3 Å². The third-order valence-corrected chi connectivity index (χ3v) is 4.42. The highest BCUT2D eigenvalue weighted by Gasteiger charge is 2.12. The Hall–Kier alpha value is -2.65. The number of nitrogens with one attached hydrogen (secondary N) is 1. The summed E-state index contributed by atoms with van der Waals surface area (Å²) < 4.78 is 4.99. The minimum absolute atomic E-state index is 0.0103. The van der Waals surface area contributed by atoms with Gasteiger partial charge in [-0.15, -0.1) is 10.2 Å². The van der Waals surface area contributed by atoms with Gasteiger partial charge >= 0.3 is 0 Å². The van der Waals surface area contributed by atoms with E-state index in [1.165, 1.54) is 17.6 Å². The van der Waals surface area contributed by atoms with Crippen LogP contribution in [0.2, 0.25) is 0 Å². The highest BCUT2D eigenvalue weighted by atomic mass is 32.1. The van der Waals surface area contributed by atoms with E-state index >= 15 is 0 Å². The van der Waals surface area contributed by atoms with Crippen LogP contribution in [0.15, 0.2) is 40.4 Å². The highest BCUT2D eigenvalue weighted by Crippen LogP contribution is 2.22. The maximum absolute atomic E-state index is 12.2. The van der Waals surface area contributed by atoms with E-state index in [4.69, 9.17) is 10.6 Å². The lowest BCUT2D eigenvalue weighted by Gasteiger charge is -2.05. The molecule has 9 heteroatoms. The number of carbonyl (C=O) groups excluding carboxylic acids is 1. The fourth-order valence-electron chi connectivity index (χ4n) is 1.98. The fourth-order valence-corrected chi connectivity index (χ4v) is 2.77. The second-order valence-electron chi connectivity index (χ2n) is 5.47. The van der Waals surface area contributed by atoms with E-state index in [0.29, 0.717) is 11.6 Å². The van der Waals surface area contributed by atoms with Crippen molar-refractivity contribution >= 4 is 29.2 Å². The van der Waals surface area contributed by atoms with Crippen molar-refractivity contribution in [1.82, 2.24) is 15.5 Å². The van der Waals surface area contributed by atoms with E-state index in [0.717, 1.165) is 17.0 Å².